The van der Waals surface area contributed by atoms with E-state index in [-0.39, 0.29) is 0 Å². The molecule has 0 aromatic carbocycles. The number of likely N-dealkylation sites (tertiary alicyclic amines) is 1. The lowest BCUT2D eigenvalue weighted by molar-refractivity contribution is 0.171. The molecule has 2 heterocycles. The van der Waals surface area contributed by atoms with Gasteiger partial charge < -0.3 is 5.73 Å². The predicted octanol–water partition coefficient (Wildman–Crippen LogP) is 1.56. The number of rotatable bonds is 3. The molecule has 0 bridgehead atoms. The van der Waals surface area contributed by atoms with E-state index in [1.807, 2.05) is 13.1 Å². The van der Waals surface area contributed by atoms with Gasteiger partial charge in [0, 0.05) is 25.0 Å². The molecular weight excluding hydrogens is 198 g/mol. The van der Waals surface area contributed by atoms with Crippen LogP contribution in [0.5, 0.6) is 0 Å². The van der Waals surface area contributed by atoms with E-state index in [1.165, 1.54) is 24.9 Å². The van der Waals surface area contributed by atoms with Crippen molar-refractivity contribution in [1.29, 1.82) is 0 Å². The first-order chi connectivity index (χ1) is 7.78. The van der Waals surface area contributed by atoms with Gasteiger partial charge in [0.05, 0.1) is 0 Å². The van der Waals surface area contributed by atoms with Gasteiger partial charge in [0.1, 0.15) is 0 Å². The smallest absolute Gasteiger partial charge is 0.0372 e. The van der Waals surface area contributed by atoms with Crippen molar-refractivity contribution >= 4 is 0 Å². The summed E-state index contributed by atoms with van der Waals surface area (Å²) >= 11 is 0. The Morgan fingerprint density at radius 1 is 1.50 bits per heavy atom. The van der Waals surface area contributed by atoms with Crippen molar-refractivity contribution in [3.63, 3.8) is 0 Å². The van der Waals surface area contributed by atoms with Crippen LogP contribution in [0.25, 0.3) is 0 Å². The highest BCUT2D eigenvalue weighted by Gasteiger charge is 2.18. The van der Waals surface area contributed by atoms with Gasteiger partial charge in [0.15, 0.2) is 0 Å². The lowest BCUT2D eigenvalue weighted by Crippen LogP contribution is -2.37. The summed E-state index contributed by atoms with van der Waals surface area (Å²) < 4.78 is 0. The second-order valence-corrected chi connectivity index (χ2v) is 4.79. The summed E-state index contributed by atoms with van der Waals surface area (Å²) in [5.41, 5.74) is 8.13. The third kappa shape index (κ3) is 3.03. The van der Waals surface area contributed by atoms with Gasteiger partial charge in [-0.1, -0.05) is 6.07 Å². The zero-order valence-corrected chi connectivity index (χ0v) is 10.0. The Balaban J connectivity index is 1.91. The minimum absolute atomic E-state index is 0.687. The van der Waals surface area contributed by atoms with Crippen LogP contribution in [0.15, 0.2) is 18.3 Å². The lowest BCUT2D eigenvalue weighted by atomic mass is 9.98. The van der Waals surface area contributed by atoms with Crippen molar-refractivity contribution in [3.8, 4) is 0 Å². The average Bonchev–Trinajstić information content (AvgIpc) is 2.32. The molecule has 1 aliphatic heterocycles. The van der Waals surface area contributed by atoms with Gasteiger partial charge in [0.2, 0.25) is 0 Å². The Kier molecular flexibility index (Phi) is 3.91. The van der Waals surface area contributed by atoms with E-state index in [0.29, 0.717) is 5.92 Å². The Morgan fingerprint density at radius 2 is 2.38 bits per heavy atom. The quantitative estimate of drug-likeness (QED) is 0.839. The molecule has 0 amide bonds. The van der Waals surface area contributed by atoms with Crippen LogP contribution in [-0.4, -0.2) is 29.5 Å². The summed E-state index contributed by atoms with van der Waals surface area (Å²) in [7, 11) is 0. The molecule has 3 heteroatoms. The van der Waals surface area contributed by atoms with Crippen LogP contribution in [0, 0.1) is 12.8 Å². The molecule has 1 saturated heterocycles. The van der Waals surface area contributed by atoms with Crippen LogP contribution in [0.3, 0.4) is 0 Å². The molecule has 1 atom stereocenters. The van der Waals surface area contributed by atoms with E-state index in [1.54, 1.807) is 0 Å². The molecule has 1 aromatic rings. The van der Waals surface area contributed by atoms with Gasteiger partial charge >= 0.3 is 0 Å². The first-order valence-electron chi connectivity index (χ1n) is 6.12. The van der Waals surface area contributed by atoms with Crippen LogP contribution >= 0.6 is 0 Å². The maximum atomic E-state index is 5.74. The Hall–Kier alpha value is -0.930. The highest BCUT2D eigenvalue weighted by molar-refractivity contribution is 5.13. The standard InChI is InChI=1S/C13H21N3/c1-11-4-5-13(8-15-11)10-16-6-2-3-12(7-14)9-16/h4-5,8,12H,2-3,6-7,9-10,14H2,1H3. The maximum Gasteiger partial charge on any atom is 0.0372 e. The van der Waals surface area contributed by atoms with Crippen LogP contribution in [0.4, 0.5) is 0 Å². The monoisotopic (exact) mass is 219 g/mol. The Bertz CT molecular complexity index is 320. The fourth-order valence-corrected chi connectivity index (χ4v) is 2.34. The van der Waals surface area contributed by atoms with Crippen LogP contribution in [-0.2, 0) is 6.54 Å². The minimum Gasteiger partial charge on any atom is -0.330 e. The molecular formula is C13H21N3. The molecule has 2 N–H and O–H groups in total. The van der Waals surface area contributed by atoms with Crippen molar-refractivity contribution in [2.24, 2.45) is 11.7 Å². The van der Waals surface area contributed by atoms with Crippen molar-refractivity contribution < 1.29 is 0 Å². The normalized spacial score (nSPS) is 22.2. The summed E-state index contributed by atoms with van der Waals surface area (Å²) in [6.45, 7) is 6.20. The number of aromatic nitrogens is 1. The number of nitrogens with zero attached hydrogens (tertiary/aromatic N) is 2. The van der Waals surface area contributed by atoms with E-state index < -0.39 is 0 Å². The number of hydrogen-bond acceptors (Lipinski definition) is 3. The molecule has 1 unspecified atom stereocenters. The van der Waals surface area contributed by atoms with E-state index in [2.05, 4.69) is 22.0 Å². The largest absolute Gasteiger partial charge is 0.330 e. The lowest BCUT2D eigenvalue weighted by Gasteiger charge is -2.32. The third-order valence-electron chi connectivity index (χ3n) is 3.32. The van der Waals surface area contributed by atoms with Crippen molar-refractivity contribution in [2.75, 3.05) is 19.6 Å². The molecule has 3 nitrogen and oxygen atoms in total. The maximum absolute atomic E-state index is 5.74. The molecule has 0 saturated carbocycles. The van der Waals surface area contributed by atoms with Crippen LogP contribution < -0.4 is 5.73 Å². The average molecular weight is 219 g/mol. The number of hydrogen-bond donors (Lipinski definition) is 1. The van der Waals surface area contributed by atoms with Gasteiger partial charge in [-0.05, 0) is 50.4 Å². The van der Waals surface area contributed by atoms with Gasteiger partial charge in [0.25, 0.3) is 0 Å². The number of aryl methyl sites for hydroxylation is 1. The minimum atomic E-state index is 0.687. The fraction of sp³-hybridized carbons (Fsp3) is 0.615. The third-order valence-corrected chi connectivity index (χ3v) is 3.32. The van der Waals surface area contributed by atoms with Gasteiger partial charge in [-0.2, -0.15) is 0 Å². The summed E-state index contributed by atoms with van der Waals surface area (Å²) in [4.78, 5) is 6.83. The molecule has 0 aliphatic carbocycles. The summed E-state index contributed by atoms with van der Waals surface area (Å²) in [6.07, 6.45) is 4.56. The summed E-state index contributed by atoms with van der Waals surface area (Å²) in [5.74, 6) is 0.687. The van der Waals surface area contributed by atoms with Gasteiger partial charge in [-0.3, -0.25) is 9.88 Å². The van der Waals surface area contributed by atoms with Gasteiger partial charge in [-0.15, -0.1) is 0 Å². The SMILES string of the molecule is Cc1ccc(CN2CCCC(CN)C2)cn1. The van der Waals surface area contributed by atoms with E-state index >= 15 is 0 Å². The highest BCUT2D eigenvalue weighted by atomic mass is 15.1. The summed E-state index contributed by atoms with van der Waals surface area (Å²) in [5, 5.41) is 0. The van der Waals surface area contributed by atoms with Gasteiger partial charge in [-0.25, -0.2) is 0 Å². The molecule has 1 aliphatic rings. The highest BCUT2D eigenvalue weighted by Crippen LogP contribution is 2.17. The first kappa shape index (κ1) is 11.6. The zero-order valence-electron chi connectivity index (χ0n) is 10.0. The number of pyridine rings is 1. The summed E-state index contributed by atoms with van der Waals surface area (Å²) in [6, 6.07) is 4.26. The van der Waals surface area contributed by atoms with E-state index in [0.717, 1.165) is 25.3 Å². The Morgan fingerprint density at radius 3 is 3.06 bits per heavy atom. The molecule has 2 rings (SSSR count). The Labute approximate surface area is 97.7 Å². The number of nitrogens with two attached hydrogens (primary N) is 1. The topological polar surface area (TPSA) is 42.1 Å². The van der Waals surface area contributed by atoms with Crippen molar-refractivity contribution in [2.45, 2.75) is 26.3 Å². The second-order valence-electron chi connectivity index (χ2n) is 4.79. The number of piperidine rings is 1. The van der Waals surface area contributed by atoms with E-state index in [9.17, 15) is 0 Å². The van der Waals surface area contributed by atoms with E-state index in [4.69, 9.17) is 5.73 Å². The van der Waals surface area contributed by atoms with Crippen molar-refractivity contribution in [1.82, 2.24) is 9.88 Å². The molecule has 16 heavy (non-hydrogen) atoms. The fourth-order valence-electron chi connectivity index (χ4n) is 2.34. The second kappa shape index (κ2) is 5.41. The van der Waals surface area contributed by atoms with Crippen molar-refractivity contribution in [3.05, 3.63) is 29.6 Å². The van der Waals surface area contributed by atoms with Crippen LogP contribution in [0.1, 0.15) is 24.1 Å². The first-order valence-corrected chi connectivity index (χ1v) is 6.12. The molecule has 0 radical (unpaired) electrons. The zero-order chi connectivity index (χ0) is 11.4. The molecule has 1 aromatic heterocycles. The molecule has 0 spiro atoms. The van der Waals surface area contributed by atoms with Crippen LogP contribution in [0.2, 0.25) is 0 Å². The molecule has 88 valence electrons. The predicted molar refractivity (Wildman–Crippen MR) is 66.0 cm³/mol. The molecule has 1 fully saturated rings.